The second-order valence-electron chi connectivity index (χ2n) is 6.32. The van der Waals surface area contributed by atoms with Gasteiger partial charge in [0.25, 0.3) is 0 Å². The maximum absolute atomic E-state index is 12.4. The Labute approximate surface area is 126 Å². The van der Waals surface area contributed by atoms with Crippen LogP contribution in [0.5, 0.6) is 0 Å². The van der Waals surface area contributed by atoms with Crippen LogP contribution in [-0.4, -0.2) is 64.7 Å². The molecule has 1 aliphatic heterocycles. The molecule has 2 N–H and O–H groups in total. The van der Waals surface area contributed by atoms with Gasteiger partial charge in [0.2, 0.25) is 0 Å². The number of amides is 2. The van der Waals surface area contributed by atoms with Gasteiger partial charge in [-0.25, -0.2) is 9.59 Å². The summed E-state index contributed by atoms with van der Waals surface area (Å²) in [5.74, 6) is -0.863. The summed E-state index contributed by atoms with van der Waals surface area (Å²) < 4.78 is 0. The standard InChI is InChI=1S/C15H27N3O3/c1-4-17(5-2)12-8-9-18(10-12)14(21)16-15(3,13(19)20)11-6-7-11/h11-12H,4-10H2,1-3H3,(H,16,21)(H,19,20). The number of nitrogens with zero attached hydrogens (tertiary/aromatic N) is 2. The van der Waals surface area contributed by atoms with Gasteiger partial charge in [0.15, 0.2) is 0 Å². The number of likely N-dealkylation sites (N-methyl/N-ethyl adjacent to an activating group) is 1. The summed E-state index contributed by atoms with van der Waals surface area (Å²) in [6.07, 6.45) is 2.72. The van der Waals surface area contributed by atoms with Crippen LogP contribution in [0.3, 0.4) is 0 Å². The summed E-state index contributed by atoms with van der Waals surface area (Å²) in [6, 6.07) is 0.157. The predicted octanol–water partition coefficient (Wildman–Crippen LogP) is 1.37. The summed E-state index contributed by atoms with van der Waals surface area (Å²) in [5, 5.41) is 12.2. The van der Waals surface area contributed by atoms with E-state index in [1.807, 2.05) is 0 Å². The van der Waals surface area contributed by atoms with Crippen molar-refractivity contribution in [1.29, 1.82) is 0 Å². The van der Waals surface area contributed by atoms with Gasteiger partial charge in [0.1, 0.15) is 5.54 Å². The Balaban J connectivity index is 1.94. The maximum atomic E-state index is 12.4. The number of hydrogen-bond donors (Lipinski definition) is 2. The first-order chi connectivity index (χ1) is 9.92. The summed E-state index contributed by atoms with van der Waals surface area (Å²) >= 11 is 0. The molecule has 0 spiro atoms. The first-order valence-corrected chi connectivity index (χ1v) is 7.96. The number of carbonyl (C=O) groups is 2. The van der Waals surface area contributed by atoms with Gasteiger partial charge in [-0.05, 0) is 45.2 Å². The molecule has 1 heterocycles. The molecule has 0 aromatic heterocycles. The summed E-state index contributed by atoms with van der Waals surface area (Å²) in [6.45, 7) is 9.23. The highest BCUT2D eigenvalue weighted by atomic mass is 16.4. The lowest BCUT2D eigenvalue weighted by Gasteiger charge is -2.30. The number of aliphatic carboxylic acids is 1. The third kappa shape index (κ3) is 3.31. The summed E-state index contributed by atoms with van der Waals surface area (Å²) in [7, 11) is 0. The molecule has 21 heavy (non-hydrogen) atoms. The largest absolute Gasteiger partial charge is 0.480 e. The number of carboxylic acids is 1. The Morgan fingerprint density at radius 3 is 2.38 bits per heavy atom. The van der Waals surface area contributed by atoms with Crippen LogP contribution in [0.2, 0.25) is 0 Å². The third-order valence-electron chi connectivity index (χ3n) is 4.98. The molecule has 2 fully saturated rings. The minimum Gasteiger partial charge on any atom is -0.480 e. The molecule has 1 saturated heterocycles. The number of nitrogens with one attached hydrogen (secondary N) is 1. The van der Waals surface area contributed by atoms with Gasteiger partial charge in [0.05, 0.1) is 0 Å². The number of carboxylic acid groups (broad SMARTS) is 1. The Kier molecular flexibility index (Phi) is 4.76. The molecule has 0 radical (unpaired) electrons. The fourth-order valence-corrected chi connectivity index (χ4v) is 3.26. The predicted molar refractivity (Wildman–Crippen MR) is 80.2 cm³/mol. The van der Waals surface area contributed by atoms with E-state index in [1.54, 1.807) is 11.8 Å². The van der Waals surface area contributed by atoms with Crippen molar-refractivity contribution in [2.24, 2.45) is 5.92 Å². The van der Waals surface area contributed by atoms with Gasteiger partial charge in [-0.1, -0.05) is 13.8 Å². The average Bonchev–Trinajstić information content (AvgIpc) is 3.19. The monoisotopic (exact) mass is 297 g/mol. The lowest BCUT2D eigenvalue weighted by Crippen LogP contribution is -2.57. The zero-order valence-corrected chi connectivity index (χ0v) is 13.3. The molecule has 2 amide bonds. The molecule has 0 aromatic carbocycles. The fraction of sp³-hybridized carbons (Fsp3) is 0.867. The average molecular weight is 297 g/mol. The third-order valence-corrected chi connectivity index (χ3v) is 4.98. The number of rotatable bonds is 6. The minimum absolute atomic E-state index is 0.0696. The summed E-state index contributed by atoms with van der Waals surface area (Å²) in [5.41, 5.74) is -1.12. The van der Waals surface area contributed by atoms with E-state index >= 15 is 0 Å². The van der Waals surface area contributed by atoms with Gasteiger partial charge in [-0.2, -0.15) is 0 Å². The van der Waals surface area contributed by atoms with Crippen LogP contribution in [0, 0.1) is 5.92 Å². The van der Waals surface area contributed by atoms with Crippen LogP contribution in [0.15, 0.2) is 0 Å². The van der Waals surface area contributed by atoms with Crippen LogP contribution in [0.25, 0.3) is 0 Å². The minimum atomic E-state index is -1.12. The van der Waals surface area contributed by atoms with Crippen LogP contribution >= 0.6 is 0 Å². The van der Waals surface area contributed by atoms with Crippen molar-refractivity contribution < 1.29 is 14.7 Å². The van der Waals surface area contributed by atoms with E-state index in [-0.39, 0.29) is 11.9 Å². The van der Waals surface area contributed by atoms with E-state index in [1.165, 1.54) is 0 Å². The molecule has 2 unspecified atom stereocenters. The molecule has 120 valence electrons. The van der Waals surface area contributed by atoms with E-state index in [9.17, 15) is 14.7 Å². The molecule has 0 aromatic rings. The van der Waals surface area contributed by atoms with Gasteiger partial charge < -0.3 is 15.3 Å². The van der Waals surface area contributed by atoms with Crippen molar-refractivity contribution in [3.63, 3.8) is 0 Å². The van der Waals surface area contributed by atoms with Crippen molar-refractivity contribution in [2.45, 2.75) is 51.6 Å². The second-order valence-corrected chi connectivity index (χ2v) is 6.32. The Morgan fingerprint density at radius 1 is 1.29 bits per heavy atom. The molecule has 2 atom stereocenters. The lowest BCUT2D eigenvalue weighted by atomic mass is 9.96. The van der Waals surface area contributed by atoms with Crippen molar-refractivity contribution in [3.8, 4) is 0 Å². The zero-order chi connectivity index (χ0) is 15.6. The highest BCUT2D eigenvalue weighted by Crippen LogP contribution is 2.39. The topological polar surface area (TPSA) is 72.9 Å². The SMILES string of the molecule is CCN(CC)C1CCN(C(=O)NC(C)(C(=O)O)C2CC2)C1. The van der Waals surface area contributed by atoms with Crippen LogP contribution in [0.4, 0.5) is 4.79 Å². The van der Waals surface area contributed by atoms with E-state index in [0.29, 0.717) is 19.1 Å². The number of carbonyl (C=O) groups excluding carboxylic acids is 1. The van der Waals surface area contributed by atoms with Gasteiger partial charge in [0, 0.05) is 19.1 Å². The fourth-order valence-electron chi connectivity index (χ4n) is 3.26. The van der Waals surface area contributed by atoms with Crippen molar-refractivity contribution in [3.05, 3.63) is 0 Å². The molecule has 0 bridgehead atoms. The number of hydrogen-bond acceptors (Lipinski definition) is 3. The Morgan fingerprint density at radius 2 is 1.90 bits per heavy atom. The van der Waals surface area contributed by atoms with Gasteiger partial charge in [-0.3, -0.25) is 4.90 Å². The van der Waals surface area contributed by atoms with Gasteiger partial charge in [-0.15, -0.1) is 0 Å². The zero-order valence-electron chi connectivity index (χ0n) is 13.3. The Hall–Kier alpha value is -1.30. The second kappa shape index (κ2) is 6.22. The van der Waals surface area contributed by atoms with Crippen molar-refractivity contribution >= 4 is 12.0 Å². The van der Waals surface area contributed by atoms with E-state index in [0.717, 1.165) is 32.4 Å². The van der Waals surface area contributed by atoms with Crippen LogP contribution < -0.4 is 5.32 Å². The molecule has 6 heteroatoms. The van der Waals surface area contributed by atoms with Gasteiger partial charge >= 0.3 is 12.0 Å². The van der Waals surface area contributed by atoms with Crippen molar-refractivity contribution in [2.75, 3.05) is 26.2 Å². The number of urea groups is 1. The highest BCUT2D eigenvalue weighted by molar-refractivity contribution is 5.86. The normalized spacial score (nSPS) is 25.0. The Bertz CT molecular complexity index is 407. The van der Waals surface area contributed by atoms with Crippen LogP contribution in [0.1, 0.15) is 40.0 Å². The van der Waals surface area contributed by atoms with E-state index < -0.39 is 11.5 Å². The van der Waals surface area contributed by atoms with Crippen molar-refractivity contribution in [1.82, 2.24) is 15.1 Å². The molecule has 6 nitrogen and oxygen atoms in total. The molecule has 1 saturated carbocycles. The first kappa shape index (κ1) is 16.1. The molecular formula is C15H27N3O3. The highest BCUT2D eigenvalue weighted by Gasteiger charge is 2.49. The quantitative estimate of drug-likeness (QED) is 0.776. The molecule has 2 rings (SSSR count). The molecule has 1 aliphatic carbocycles. The van der Waals surface area contributed by atoms with E-state index in [2.05, 4.69) is 24.1 Å². The molecule has 2 aliphatic rings. The molecular weight excluding hydrogens is 270 g/mol. The van der Waals surface area contributed by atoms with Crippen LogP contribution in [-0.2, 0) is 4.79 Å². The van der Waals surface area contributed by atoms with E-state index in [4.69, 9.17) is 0 Å². The smallest absolute Gasteiger partial charge is 0.329 e. The summed E-state index contributed by atoms with van der Waals surface area (Å²) in [4.78, 5) is 28.0. The lowest BCUT2D eigenvalue weighted by molar-refractivity contribution is -0.144. The first-order valence-electron chi connectivity index (χ1n) is 7.96. The maximum Gasteiger partial charge on any atom is 0.329 e. The number of likely N-dealkylation sites (tertiary alicyclic amines) is 1.